The molecule has 6 heteroatoms. The molecule has 2 rings (SSSR count). The van der Waals surface area contributed by atoms with Gasteiger partial charge < -0.3 is 0 Å². The fourth-order valence-corrected chi connectivity index (χ4v) is 4.84. The zero-order valence-electron chi connectivity index (χ0n) is 12.0. The second-order valence-corrected chi connectivity index (χ2v) is 12.0. The topological polar surface area (TPSA) is 55.6 Å². The van der Waals surface area contributed by atoms with Crippen molar-refractivity contribution in [2.75, 3.05) is 5.32 Å². The Balaban J connectivity index is 2.21. The minimum atomic E-state index is -0.722. The van der Waals surface area contributed by atoms with Crippen LogP contribution in [0.1, 0.15) is 26.3 Å². The van der Waals surface area contributed by atoms with E-state index < -0.39 is 21.1 Å². The van der Waals surface area contributed by atoms with Crippen molar-refractivity contribution < 1.29 is 0 Å². The predicted molar refractivity (Wildman–Crippen MR) is 78.4 cm³/mol. The Kier molecular flexibility index (Phi) is 4.13. The van der Waals surface area contributed by atoms with E-state index in [-0.39, 0.29) is 0 Å². The number of nitrogens with zero attached hydrogens (tertiary/aromatic N) is 4. The molecule has 2 radical (unpaired) electrons. The molecule has 0 aromatic carbocycles. The first kappa shape index (κ1) is 14.3. The van der Waals surface area contributed by atoms with Gasteiger partial charge in [0.05, 0.1) is 0 Å². The fraction of sp³-hybridized carbons (Fsp3) is 0.462. The normalized spacial score (nSPS) is 11.6. The van der Waals surface area contributed by atoms with Gasteiger partial charge >= 0.3 is 124 Å². The monoisotopic (exact) mass is 365 g/mol. The molecule has 0 bridgehead atoms. The summed E-state index contributed by atoms with van der Waals surface area (Å²) in [5.41, 5.74) is 2.12. The van der Waals surface area contributed by atoms with Gasteiger partial charge in [-0.1, -0.05) is 0 Å². The Morgan fingerprint density at radius 1 is 1.26 bits per heavy atom. The van der Waals surface area contributed by atoms with Crippen LogP contribution in [0.5, 0.6) is 0 Å². The van der Waals surface area contributed by atoms with E-state index in [1.165, 1.54) is 9.27 Å². The van der Waals surface area contributed by atoms with E-state index in [2.05, 4.69) is 48.1 Å². The van der Waals surface area contributed by atoms with Crippen molar-refractivity contribution in [2.24, 2.45) is 7.05 Å². The first-order valence-electron chi connectivity index (χ1n) is 6.21. The van der Waals surface area contributed by atoms with E-state index in [0.717, 1.165) is 5.69 Å². The van der Waals surface area contributed by atoms with E-state index in [1.807, 2.05) is 19.4 Å². The van der Waals surface area contributed by atoms with Gasteiger partial charge in [0.1, 0.15) is 0 Å². The third-order valence-electron chi connectivity index (χ3n) is 2.43. The summed E-state index contributed by atoms with van der Waals surface area (Å²) in [5, 5.41) is 7.32. The summed E-state index contributed by atoms with van der Waals surface area (Å²) in [7, 11) is 1.89. The summed E-state index contributed by atoms with van der Waals surface area (Å²) >= 11 is -0.722. The zero-order valence-corrected chi connectivity index (χ0v) is 14.9. The molecule has 2 aromatic heterocycles. The van der Waals surface area contributed by atoms with Crippen molar-refractivity contribution in [1.82, 2.24) is 19.7 Å². The third-order valence-corrected chi connectivity index (χ3v) is 6.69. The minimum absolute atomic E-state index is 0.383. The fourth-order valence-electron chi connectivity index (χ4n) is 1.60. The van der Waals surface area contributed by atoms with Crippen LogP contribution in [0.25, 0.3) is 0 Å². The van der Waals surface area contributed by atoms with Crippen molar-refractivity contribution in [1.29, 1.82) is 0 Å². The predicted octanol–water partition coefficient (Wildman–Crippen LogP) is 1.81. The molecular formula is C13H19N5Sn. The Hall–Kier alpha value is -1.11. The molecule has 0 saturated carbocycles. The molecule has 0 fully saturated rings. The van der Waals surface area contributed by atoms with Crippen LogP contribution in [-0.2, 0) is 7.05 Å². The number of aryl methyl sites for hydroxylation is 2. The van der Waals surface area contributed by atoms with Crippen molar-refractivity contribution in [3.05, 3.63) is 24.2 Å². The van der Waals surface area contributed by atoms with Gasteiger partial charge in [-0.25, -0.2) is 0 Å². The van der Waals surface area contributed by atoms with Gasteiger partial charge in [-0.3, -0.25) is 0 Å². The molecule has 0 atom stereocenters. The Morgan fingerprint density at radius 3 is 2.58 bits per heavy atom. The molecule has 5 nitrogen and oxygen atoms in total. The summed E-state index contributed by atoms with van der Waals surface area (Å²) in [4.78, 5) is 9.02. The molecule has 2 aromatic rings. The number of anilines is 2. The van der Waals surface area contributed by atoms with Crippen LogP contribution < -0.4 is 9.03 Å². The second kappa shape index (κ2) is 5.48. The van der Waals surface area contributed by atoms with Gasteiger partial charge in [-0.2, -0.15) is 0 Å². The van der Waals surface area contributed by atoms with Gasteiger partial charge in [0.15, 0.2) is 0 Å². The van der Waals surface area contributed by atoms with Crippen molar-refractivity contribution >= 4 is 36.5 Å². The maximum atomic E-state index is 4.68. The molecule has 2 heterocycles. The maximum absolute atomic E-state index is 4.68. The van der Waals surface area contributed by atoms with Gasteiger partial charge in [0.2, 0.25) is 0 Å². The molecule has 0 aliphatic heterocycles. The molecule has 1 N–H and O–H groups in total. The molecule has 0 saturated heterocycles. The first-order chi connectivity index (χ1) is 8.83. The zero-order chi connectivity index (χ0) is 14.0. The summed E-state index contributed by atoms with van der Waals surface area (Å²) in [5.74, 6) is 0.666. The molecule has 19 heavy (non-hydrogen) atoms. The van der Waals surface area contributed by atoms with E-state index in [9.17, 15) is 0 Å². The van der Waals surface area contributed by atoms with Gasteiger partial charge in [-0.05, 0) is 0 Å². The molecule has 0 aliphatic rings. The van der Waals surface area contributed by atoms with E-state index in [4.69, 9.17) is 0 Å². The summed E-state index contributed by atoms with van der Waals surface area (Å²) < 4.78 is 3.40. The molecule has 0 spiro atoms. The van der Waals surface area contributed by atoms with Crippen LogP contribution >= 0.6 is 0 Å². The number of hydrogen-bond donors (Lipinski definition) is 1. The van der Waals surface area contributed by atoms with E-state index >= 15 is 0 Å². The number of rotatable bonds is 3. The van der Waals surface area contributed by atoms with Crippen LogP contribution in [0.4, 0.5) is 11.6 Å². The van der Waals surface area contributed by atoms with Crippen LogP contribution in [-0.4, -0.2) is 40.9 Å². The first-order valence-corrected chi connectivity index (χ1v) is 9.06. The quantitative estimate of drug-likeness (QED) is 0.845. The summed E-state index contributed by atoms with van der Waals surface area (Å²) in [6, 6.07) is 0. The van der Waals surface area contributed by atoms with E-state index in [0.29, 0.717) is 9.38 Å². The van der Waals surface area contributed by atoms with Gasteiger partial charge in [0, 0.05) is 0 Å². The molecule has 0 aliphatic carbocycles. The Bertz CT molecular complexity index is 571. The Morgan fingerprint density at radius 2 is 2.00 bits per heavy atom. The average molecular weight is 364 g/mol. The number of nitrogens with one attached hydrogen (secondary N) is 1. The number of hydrogen-bond acceptors (Lipinski definition) is 4. The molecule has 0 amide bonds. The van der Waals surface area contributed by atoms with Crippen molar-refractivity contribution in [3.8, 4) is 0 Å². The third kappa shape index (κ3) is 4.19. The number of aromatic nitrogens is 4. The van der Waals surface area contributed by atoms with Crippen molar-refractivity contribution in [3.63, 3.8) is 0 Å². The van der Waals surface area contributed by atoms with Gasteiger partial charge in [0.25, 0.3) is 0 Å². The SMILES string of the molecule is Cc1cnc(Nc2cnn(C)c2)n[c]1[Sn][C](C)(C)C. The summed E-state index contributed by atoms with van der Waals surface area (Å²) in [6.45, 7) is 8.95. The average Bonchev–Trinajstić information content (AvgIpc) is 2.67. The van der Waals surface area contributed by atoms with Crippen LogP contribution in [0.2, 0.25) is 3.43 Å². The van der Waals surface area contributed by atoms with Crippen LogP contribution in [0.15, 0.2) is 18.6 Å². The summed E-state index contributed by atoms with van der Waals surface area (Å²) in [6.07, 6.45) is 5.59. The van der Waals surface area contributed by atoms with Crippen molar-refractivity contribution in [2.45, 2.75) is 31.1 Å². The molecule has 100 valence electrons. The van der Waals surface area contributed by atoms with Crippen LogP contribution in [0.3, 0.4) is 0 Å². The second-order valence-electron chi connectivity index (χ2n) is 5.63. The van der Waals surface area contributed by atoms with E-state index in [1.54, 1.807) is 10.9 Å². The van der Waals surface area contributed by atoms with Gasteiger partial charge in [-0.15, -0.1) is 0 Å². The Labute approximate surface area is 124 Å². The molecule has 0 unspecified atom stereocenters. The standard InChI is InChI=1S/C9H10N5.C4H9.Sn/c1-7-3-10-9(11-4-7)13-8-5-12-14(2)6-8;1-4(2)3;/h3,5-6H,1-2H3,(H,10,11,13);1-3H3;. The van der Waals surface area contributed by atoms with Crippen LogP contribution in [0, 0.1) is 6.92 Å². The molecular weight excluding hydrogens is 345 g/mol.